The molecule has 6 nitrogen and oxygen atoms in total. The molecule has 2 aromatic carbocycles. The van der Waals surface area contributed by atoms with Crippen molar-refractivity contribution in [1.82, 2.24) is 14.7 Å². The Morgan fingerprint density at radius 3 is 2.75 bits per heavy atom. The SMILES string of the molecule is COCCN(C)Cc1cn(Cc2ccccc2)nc1-c1ccc2c(c1)OCO2. The van der Waals surface area contributed by atoms with Crippen molar-refractivity contribution in [2.24, 2.45) is 0 Å². The molecule has 0 saturated heterocycles. The third kappa shape index (κ3) is 4.18. The van der Waals surface area contributed by atoms with Crippen LogP contribution in [0.15, 0.2) is 54.7 Å². The zero-order chi connectivity index (χ0) is 19.3. The fraction of sp³-hybridized carbons (Fsp3) is 0.318. The molecular formula is C22H25N3O3. The molecule has 2 heterocycles. The largest absolute Gasteiger partial charge is 0.454 e. The van der Waals surface area contributed by atoms with Crippen LogP contribution in [0.5, 0.6) is 11.5 Å². The Bertz CT molecular complexity index is 924. The Labute approximate surface area is 165 Å². The monoisotopic (exact) mass is 379 g/mol. The molecule has 0 amide bonds. The summed E-state index contributed by atoms with van der Waals surface area (Å²) >= 11 is 0. The van der Waals surface area contributed by atoms with Crippen molar-refractivity contribution in [1.29, 1.82) is 0 Å². The van der Waals surface area contributed by atoms with Gasteiger partial charge in [0.05, 0.1) is 18.8 Å². The van der Waals surface area contributed by atoms with Gasteiger partial charge in [-0.3, -0.25) is 9.58 Å². The van der Waals surface area contributed by atoms with Crippen LogP contribution in [-0.4, -0.2) is 48.8 Å². The Hall–Kier alpha value is -2.83. The Balaban J connectivity index is 1.64. The summed E-state index contributed by atoms with van der Waals surface area (Å²) < 4.78 is 18.2. The van der Waals surface area contributed by atoms with Crippen LogP contribution < -0.4 is 9.47 Å². The lowest BCUT2D eigenvalue weighted by Gasteiger charge is -2.15. The molecule has 0 unspecified atom stereocenters. The van der Waals surface area contributed by atoms with E-state index in [1.54, 1.807) is 7.11 Å². The van der Waals surface area contributed by atoms with Gasteiger partial charge in [-0.1, -0.05) is 30.3 Å². The molecule has 0 radical (unpaired) electrons. The number of hydrogen-bond donors (Lipinski definition) is 0. The van der Waals surface area contributed by atoms with Gasteiger partial charge < -0.3 is 14.2 Å². The molecule has 0 aliphatic carbocycles. The molecule has 0 saturated carbocycles. The molecule has 1 aliphatic heterocycles. The summed E-state index contributed by atoms with van der Waals surface area (Å²) in [6.07, 6.45) is 2.14. The molecule has 1 aliphatic rings. The summed E-state index contributed by atoms with van der Waals surface area (Å²) in [5.74, 6) is 1.56. The van der Waals surface area contributed by atoms with E-state index in [4.69, 9.17) is 19.3 Å². The fourth-order valence-corrected chi connectivity index (χ4v) is 3.33. The van der Waals surface area contributed by atoms with Crippen molar-refractivity contribution >= 4 is 0 Å². The summed E-state index contributed by atoms with van der Waals surface area (Å²) in [5.41, 5.74) is 4.40. The summed E-state index contributed by atoms with van der Waals surface area (Å²) in [6.45, 7) is 3.37. The lowest BCUT2D eigenvalue weighted by atomic mass is 10.1. The molecule has 0 bridgehead atoms. The number of aromatic nitrogens is 2. The van der Waals surface area contributed by atoms with Gasteiger partial charge in [-0.25, -0.2) is 0 Å². The molecular weight excluding hydrogens is 354 g/mol. The van der Waals surface area contributed by atoms with Crippen LogP contribution in [0.4, 0.5) is 0 Å². The van der Waals surface area contributed by atoms with E-state index in [2.05, 4.69) is 42.4 Å². The van der Waals surface area contributed by atoms with Crippen molar-refractivity contribution < 1.29 is 14.2 Å². The Kier molecular flexibility index (Phi) is 5.60. The van der Waals surface area contributed by atoms with Gasteiger partial charge in [0, 0.05) is 37.5 Å². The minimum Gasteiger partial charge on any atom is -0.454 e. The van der Waals surface area contributed by atoms with Crippen molar-refractivity contribution in [3.63, 3.8) is 0 Å². The van der Waals surface area contributed by atoms with Crippen molar-refractivity contribution in [3.05, 3.63) is 65.9 Å². The van der Waals surface area contributed by atoms with E-state index in [9.17, 15) is 0 Å². The van der Waals surface area contributed by atoms with Gasteiger partial charge in [0.25, 0.3) is 0 Å². The molecule has 0 fully saturated rings. The third-order valence-electron chi connectivity index (χ3n) is 4.79. The molecule has 0 N–H and O–H groups in total. The molecule has 6 heteroatoms. The number of benzene rings is 2. The van der Waals surface area contributed by atoms with Crippen LogP contribution in [0.3, 0.4) is 0 Å². The van der Waals surface area contributed by atoms with E-state index in [0.29, 0.717) is 6.61 Å². The number of hydrogen-bond acceptors (Lipinski definition) is 5. The number of rotatable bonds is 8. The molecule has 0 spiro atoms. The topological polar surface area (TPSA) is 48.8 Å². The van der Waals surface area contributed by atoms with E-state index in [0.717, 1.165) is 42.4 Å². The third-order valence-corrected chi connectivity index (χ3v) is 4.79. The maximum atomic E-state index is 5.55. The van der Waals surface area contributed by atoms with Crippen LogP contribution in [0, 0.1) is 0 Å². The van der Waals surface area contributed by atoms with E-state index >= 15 is 0 Å². The van der Waals surface area contributed by atoms with Crippen LogP contribution >= 0.6 is 0 Å². The van der Waals surface area contributed by atoms with Gasteiger partial charge in [-0.15, -0.1) is 0 Å². The molecule has 146 valence electrons. The zero-order valence-corrected chi connectivity index (χ0v) is 16.3. The second-order valence-electron chi connectivity index (χ2n) is 6.98. The lowest BCUT2D eigenvalue weighted by Crippen LogP contribution is -2.22. The molecule has 28 heavy (non-hydrogen) atoms. The predicted octanol–water partition coefficient (Wildman–Crippen LogP) is 3.41. The Morgan fingerprint density at radius 1 is 1.11 bits per heavy atom. The highest BCUT2D eigenvalue weighted by Crippen LogP contribution is 2.36. The normalized spacial score (nSPS) is 12.7. The number of likely N-dealkylation sites (N-methyl/N-ethyl adjacent to an activating group) is 1. The van der Waals surface area contributed by atoms with Gasteiger partial charge in [-0.05, 0) is 30.8 Å². The van der Waals surface area contributed by atoms with Crippen molar-refractivity contribution in [2.75, 3.05) is 34.1 Å². The standard InChI is InChI=1S/C22H25N3O3/c1-24(10-11-26-2)14-19-15-25(13-17-6-4-3-5-7-17)23-22(19)18-8-9-20-21(12-18)28-16-27-20/h3-9,12,15H,10-11,13-14,16H2,1-2H3. The number of fused-ring (bicyclic) bond motifs is 1. The van der Waals surface area contributed by atoms with Crippen molar-refractivity contribution in [2.45, 2.75) is 13.1 Å². The maximum absolute atomic E-state index is 5.55. The predicted molar refractivity (Wildman–Crippen MR) is 108 cm³/mol. The Morgan fingerprint density at radius 2 is 1.93 bits per heavy atom. The van der Waals surface area contributed by atoms with E-state index in [-0.39, 0.29) is 6.79 Å². The minimum absolute atomic E-state index is 0.272. The van der Waals surface area contributed by atoms with Crippen molar-refractivity contribution in [3.8, 4) is 22.8 Å². The van der Waals surface area contributed by atoms with E-state index in [1.807, 2.05) is 28.9 Å². The van der Waals surface area contributed by atoms with Gasteiger partial charge in [0.15, 0.2) is 11.5 Å². The summed E-state index contributed by atoms with van der Waals surface area (Å²) in [6, 6.07) is 16.4. The highest BCUT2D eigenvalue weighted by molar-refractivity contribution is 5.67. The second-order valence-corrected chi connectivity index (χ2v) is 6.98. The maximum Gasteiger partial charge on any atom is 0.231 e. The molecule has 1 aromatic heterocycles. The average Bonchev–Trinajstić information content (AvgIpc) is 3.33. The number of nitrogens with zero attached hydrogens (tertiary/aromatic N) is 3. The van der Waals surface area contributed by atoms with Crippen LogP contribution in [0.25, 0.3) is 11.3 Å². The van der Waals surface area contributed by atoms with Crippen LogP contribution in [0.2, 0.25) is 0 Å². The average molecular weight is 379 g/mol. The second kappa shape index (κ2) is 8.46. The van der Waals surface area contributed by atoms with Gasteiger partial charge in [0.2, 0.25) is 6.79 Å². The first-order valence-electron chi connectivity index (χ1n) is 9.40. The number of methoxy groups -OCH3 is 1. The van der Waals surface area contributed by atoms with Gasteiger partial charge >= 0.3 is 0 Å². The molecule has 4 rings (SSSR count). The number of ether oxygens (including phenoxy) is 3. The molecule has 0 atom stereocenters. The first-order valence-corrected chi connectivity index (χ1v) is 9.40. The summed E-state index contributed by atoms with van der Waals surface area (Å²) in [4.78, 5) is 2.24. The van der Waals surface area contributed by atoms with Gasteiger partial charge in [-0.2, -0.15) is 5.10 Å². The minimum atomic E-state index is 0.272. The van der Waals surface area contributed by atoms with Crippen LogP contribution in [-0.2, 0) is 17.8 Å². The smallest absolute Gasteiger partial charge is 0.231 e. The highest BCUT2D eigenvalue weighted by atomic mass is 16.7. The molecule has 3 aromatic rings. The van der Waals surface area contributed by atoms with E-state index < -0.39 is 0 Å². The zero-order valence-electron chi connectivity index (χ0n) is 16.3. The quantitative estimate of drug-likeness (QED) is 0.600. The van der Waals surface area contributed by atoms with E-state index in [1.165, 1.54) is 11.1 Å². The van der Waals surface area contributed by atoms with Crippen LogP contribution in [0.1, 0.15) is 11.1 Å². The summed E-state index contributed by atoms with van der Waals surface area (Å²) in [7, 11) is 3.82. The first-order chi connectivity index (χ1) is 13.7. The highest BCUT2D eigenvalue weighted by Gasteiger charge is 2.18. The summed E-state index contributed by atoms with van der Waals surface area (Å²) in [5, 5.41) is 4.90. The fourth-order valence-electron chi connectivity index (χ4n) is 3.33. The lowest BCUT2D eigenvalue weighted by molar-refractivity contribution is 0.158. The first kappa shape index (κ1) is 18.5. The van der Waals surface area contributed by atoms with Gasteiger partial charge in [0.1, 0.15) is 0 Å².